The van der Waals surface area contributed by atoms with Gasteiger partial charge >= 0.3 is 0 Å². The number of non-ortho nitro benzene ring substituents is 1. The maximum atomic E-state index is 12.1. The number of aromatic amines is 1. The van der Waals surface area contributed by atoms with E-state index < -0.39 is 10.3 Å². The average Bonchev–Trinajstić information content (AvgIpc) is 2.53. The summed E-state index contributed by atoms with van der Waals surface area (Å²) in [5.74, 6) is 0. The number of alkyl halides is 1. The molecule has 1 heterocycles. The lowest BCUT2D eigenvalue weighted by molar-refractivity contribution is -0.384. The molecule has 1 N–H and O–H groups in total. The molecule has 0 fully saturated rings. The first-order valence-electron chi connectivity index (χ1n) is 6.43. The van der Waals surface area contributed by atoms with E-state index >= 15 is 0 Å². The monoisotopic (exact) mass is 315 g/mol. The minimum absolute atomic E-state index is 0.0343. The van der Waals surface area contributed by atoms with Crippen molar-refractivity contribution in [3.05, 3.63) is 80.3 Å². The Kier molecular flexibility index (Phi) is 3.60. The Bertz CT molecular complexity index is 906. The number of hydrogen-bond acceptors (Lipinski definition) is 4. The number of rotatable bonds is 3. The van der Waals surface area contributed by atoms with Gasteiger partial charge in [-0.05, 0) is 17.7 Å². The second-order valence-corrected chi connectivity index (χ2v) is 5.12. The number of aromatic nitrogens is 2. The minimum atomic E-state index is -0.783. The van der Waals surface area contributed by atoms with Crippen molar-refractivity contribution in [1.82, 2.24) is 9.97 Å². The largest absolute Gasteiger partial charge is 0.319 e. The van der Waals surface area contributed by atoms with E-state index in [2.05, 4.69) is 9.97 Å². The van der Waals surface area contributed by atoms with Gasteiger partial charge in [0.25, 0.3) is 11.2 Å². The smallest absolute Gasteiger partial charge is 0.272 e. The molecule has 0 saturated carbocycles. The summed E-state index contributed by atoms with van der Waals surface area (Å²) < 4.78 is 0. The summed E-state index contributed by atoms with van der Waals surface area (Å²) in [4.78, 5) is 29.3. The third kappa shape index (κ3) is 2.56. The molecular formula is C15H10ClN3O3. The third-order valence-electron chi connectivity index (χ3n) is 3.26. The Morgan fingerprint density at radius 1 is 1.14 bits per heavy atom. The lowest BCUT2D eigenvalue weighted by Crippen LogP contribution is -2.17. The topological polar surface area (TPSA) is 88.9 Å². The second-order valence-electron chi connectivity index (χ2n) is 4.68. The number of benzene rings is 2. The zero-order chi connectivity index (χ0) is 15.7. The average molecular weight is 316 g/mol. The molecule has 7 heteroatoms. The molecule has 1 atom stereocenters. The van der Waals surface area contributed by atoms with E-state index in [9.17, 15) is 14.9 Å². The van der Waals surface area contributed by atoms with Crippen molar-refractivity contribution in [2.45, 2.75) is 5.38 Å². The van der Waals surface area contributed by atoms with Gasteiger partial charge in [-0.25, -0.2) is 4.98 Å². The second kappa shape index (κ2) is 5.57. The van der Waals surface area contributed by atoms with E-state index in [1.165, 1.54) is 24.3 Å². The zero-order valence-electron chi connectivity index (χ0n) is 11.2. The number of nitro benzene ring substituents is 1. The molecule has 0 radical (unpaired) electrons. The van der Waals surface area contributed by atoms with E-state index in [-0.39, 0.29) is 16.9 Å². The van der Waals surface area contributed by atoms with E-state index in [0.29, 0.717) is 16.6 Å². The maximum absolute atomic E-state index is 12.1. The molecule has 0 aliphatic rings. The molecule has 0 spiro atoms. The van der Waals surface area contributed by atoms with Crippen LogP contribution in [0.25, 0.3) is 11.0 Å². The highest BCUT2D eigenvalue weighted by Gasteiger charge is 2.18. The predicted octanol–water partition coefficient (Wildman–Crippen LogP) is 3.16. The quantitative estimate of drug-likeness (QED) is 0.457. The van der Waals surface area contributed by atoms with E-state index in [1.807, 2.05) is 6.07 Å². The highest BCUT2D eigenvalue weighted by Crippen LogP contribution is 2.27. The van der Waals surface area contributed by atoms with Gasteiger partial charge < -0.3 is 4.98 Å². The molecule has 3 rings (SSSR count). The first kappa shape index (κ1) is 14.2. The summed E-state index contributed by atoms with van der Waals surface area (Å²) in [6.45, 7) is 0. The fourth-order valence-corrected chi connectivity index (χ4v) is 2.43. The van der Waals surface area contributed by atoms with Crippen LogP contribution in [0.1, 0.15) is 16.6 Å². The molecular weight excluding hydrogens is 306 g/mol. The van der Waals surface area contributed by atoms with Gasteiger partial charge in [0.15, 0.2) is 0 Å². The molecule has 0 aliphatic heterocycles. The number of halogens is 1. The highest BCUT2D eigenvalue weighted by atomic mass is 35.5. The number of para-hydroxylation sites is 2. The van der Waals surface area contributed by atoms with E-state index in [1.54, 1.807) is 18.2 Å². The van der Waals surface area contributed by atoms with E-state index in [4.69, 9.17) is 11.6 Å². The van der Waals surface area contributed by atoms with Crippen LogP contribution in [0.3, 0.4) is 0 Å². The molecule has 3 aromatic rings. The van der Waals surface area contributed by atoms with Crippen LogP contribution in [0.15, 0.2) is 53.3 Å². The molecule has 1 aromatic heterocycles. The summed E-state index contributed by atoms with van der Waals surface area (Å²) >= 11 is 6.32. The normalized spacial score (nSPS) is 12.2. The van der Waals surface area contributed by atoms with Crippen LogP contribution in [0, 0.1) is 10.1 Å². The van der Waals surface area contributed by atoms with Gasteiger partial charge in [-0.3, -0.25) is 14.9 Å². The fraction of sp³-hybridized carbons (Fsp3) is 0.0667. The van der Waals surface area contributed by atoms with Gasteiger partial charge in [-0.2, -0.15) is 0 Å². The Morgan fingerprint density at radius 3 is 2.50 bits per heavy atom. The number of fused-ring (bicyclic) bond motifs is 1. The number of H-pyrrole nitrogens is 1. The predicted molar refractivity (Wildman–Crippen MR) is 83.2 cm³/mol. The SMILES string of the molecule is O=c1[nH]c2ccccc2nc1C(Cl)c1ccc([N+](=O)[O-])cc1. The molecule has 0 saturated heterocycles. The van der Waals surface area contributed by atoms with Crippen molar-refractivity contribution in [2.75, 3.05) is 0 Å². The lowest BCUT2D eigenvalue weighted by atomic mass is 10.1. The van der Waals surface area contributed by atoms with Gasteiger partial charge in [0, 0.05) is 12.1 Å². The minimum Gasteiger partial charge on any atom is -0.319 e. The first-order chi connectivity index (χ1) is 10.6. The van der Waals surface area contributed by atoms with Crippen molar-refractivity contribution in [1.29, 1.82) is 0 Å². The summed E-state index contributed by atoms with van der Waals surface area (Å²) in [6, 6.07) is 12.9. The maximum Gasteiger partial charge on any atom is 0.272 e. The van der Waals surface area contributed by atoms with Gasteiger partial charge in [0.1, 0.15) is 11.1 Å². The molecule has 0 amide bonds. The summed E-state index contributed by atoms with van der Waals surface area (Å²) in [6.07, 6.45) is 0. The Morgan fingerprint density at radius 2 is 1.82 bits per heavy atom. The van der Waals surface area contributed by atoms with E-state index in [0.717, 1.165) is 0 Å². The molecule has 2 aromatic carbocycles. The van der Waals surface area contributed by atoms with Crippen LogP contribution in [0.4, 0.5) is 5.69 Å². The van der Waals surface area contributed by atoms with Crippen molar-refractivity contribution in [3.8, 4) is 0 Å². The van der Waals surface area contributed by atoms with Crippen molar-refractivity contribution in [2.24, 2.45) is 0 Å². The van der Waals surface area contributed by atoms with Crippen LogP contribution in [0.5, 0.6) is 0 Å². The Hall–Kier alpha value is -2.73. The van der Waals surface area contributed by atoms with Crippen LogP contribution < -0.4 is 5.56 Å². The van der Waals surface area contributed by atoms with Crippen molar-refractivity contribution >= 4 is 28.3 Å². The molecule has 0 aliphatic carbocycles. The van der Waals surface area contributed by atoms with Gasteiger partial charge in [-0.15, -0.1) is 11.6 Å². The van der Waals surface area contributed by atoms with Crippen LogP contribution in [-0.2, 0) is 0 Å². The fourth-order valence-electron chi connectivity index (χ4n) is 2.14. The van der Waals surface area contributed by atoms with Crippen LogP contribution in [0.2, 0.25) is 0 Å². The number of hydrogen-bond donors (Lipinski definition) is 1. The zero-order valence-corrected chi connectivity index (χ0v) is 11.9. The van der Waals surface area contributed by atoms with Crippen LogP contribution in [-0.4, -0.2) is 14.9 Å². The molecule has 6 nitrogen and oxygen atoms in total. The van der Waals surface area contributed by atoms with Crippen molar-refractivity contribution in [3.63, 3.8) is 0 Å². The molecule has 110 valence electrons. The molecule has 1 unspecified atom stereocenters. The molecule has 22 heavy (non-hydrogen) atoms. The van der Waals surface area contributed by atoms with Crippen molar-refractivity contribution < 1.29 is 4.92 Å². The van der Waals surface area contributed by atoms with Gasteiger partial charge in [0.2, 0.25) is 0 Å². The molecule has 0 bridgehead atoms. The summed E-state index contributed by atoms with van der Waals surface area (Å²) in [7, 11) is 0. The number of nitrogens with zero attached hydrogens (tertiary/aromatic N) is 2. The Balaban J connectivity index is 2.04. The summed E-state index contributed by atoms with van der Waals surface area (Å²) in [5.41, 5.74) is 1.58. The first-order valence-corrected chi connectivity index (χ1v) is 6.87. The highest BCUT2D eigenvalue weighted by molar-refractivity contribution is 6.22. The Labute approximate surface area is 129 Å². The number of nitro groups is 1. The lowest BCUT2D eigenvalue weighted by Gasteiger charge is -2.09. The number of nitrogens with one attached hydrogen (secondary N) is 1. The van der Waals surface area contributed by atoms with Gasteiger partial charge in [-0.1, -0.05) is 24.3 Å². The summed E-state index contributed by atoms with van der Waals surface area (Å²) in [5, 5.41) is 9.87. The third-order valence-corrected chi connectivity index (χ3v) is 3.72. The van der Waals surface area contributed by atoms with Gasteiger partial charge in [0.05, 0.1) is 16.0 Å². The standard InChI is InChI=1S/C15H10ClN3O3/c16-13(9-5-7-10(8-6-9)19(21)22)14-15(20)18-12-4-2-1-3-11(12)17-14/h1-8,13H,(H,18,20). The van der Waals surface area contributed by atoms with Crippen LogP contribution >= 0.6 is 11.6 Å².